The minimum Gasteiger partial charge on any atom is -0.465 e. The van der Waals surface area contributed by atoms with E-state index in [9.17, 15) is 4.79 Å². The maximum absolute atomic E-state index is 11.3. The van der Waals surface area contributed by atoms with Gasteiger partial charge in [-0.2, -0.15) is 0 Å². The first-order chi connectivity index (χ1) is 8.20. The van der Waals surface area contributed by atoms with E-state index in [1.807, 2.05) is 6.92 Å². The van der Waals surface area contributed by atoms with E-state index in [4.69, 9.17) is 14.2 Å². The molecule has 0 radical (unpaired) electrons. The lowest BCUT2D eigenvalue weighted by Gasteiger charge is -2.10. The minimum absolute atomic E-state index is 0.206. The maximum atomic E-state index is 11.3. The first kappa shape index (κ1) is 16.4. The summed E-state index contributed by atoms with van der Waals surface area (Å²) in [6, 6.07) is 0.347. The molecule has 0 bridgehead atoms. The standard InChI is InChI=1S/C12H25NO4/c1-4-11(2)13-10-12(14)17-7-5-6-16-9-8-15-3/h11,13H,4-10H2,1-3H3. The average molecular weight is 247 g/mol. The molecule has 0 heterocycles. The molecular weight excluding hydrogens is 222 g/mol. The Morgan fingerprint density at radius 2 is 2.00 bits per heavy atom. The normalized spacial score (nSPS) is 12.4. The van der Waals surface area contributed by atoms with E-state index in [2.05, 4.69) is 12.2 Å². The summed E-state index contributed by atoms with van der Waals surface area (Å²) < 4.78 is 15.1. The van der Waals surface area contributed by atoms with E-state index < -0.39 is 0 Å². The van der Waals surface area contributed by atoms with Crippen molar-refractivity contribution in [1.29, 1.82) is 0 Å². The van der Waals surface area contributed by atoms with E-state index in [1.165, 1.54) is 0 Å². The van der Waals surface area contributed by atoms with Gasteiger partial charge in [0.1, 0.15) is 0 Å². The lowest BCUT2D eigenvalue weighted by molar-refractivity contribution is -0.143. The topological polar surface area (TPSA) is 56.8 Å². The lowest BCUT2D eigenvalue weighted by atomic mass is 10.3. The minimum atomic E-state index is -0.206. The van der Waals surface area contributed by atoms with Crippen LogP contribution in [0.25, 0.3) is 0 Å². The molecule has 0 aliphatic heterocycles. The number of carbonyl (C=O) groups excluding carboxylic acids is 1. The second-order valence-electron chi connectivity index (χ2n) is 3.87. The zero-order valence-electron chi connectivity index (χ0n) is 11.2. The van der Waals surface area contributed by atoms with Gasteiger partial charge < -0.3 is 19.5 Å². The number of rotatable bonds is 11. The molecular formula is C12H25NO4. The van der Waals surface area contributed by atoms with Crippen molar-refractivity contribution in [3.05, 3.63) is 0 Å². The fraction of sp³-hybridized carbons (Fsp3) is 0.917. The predicted octanol–water partition coefficient (Wildman–Crippen LogP) is 0.971. The van der Waals surface area contributed by atoms with Gasteiger partial charge in [0.25, 0.3) is 0 Å². The third-order valence-electron chi connectivity index (χ3n) is 2.34. The largest absolute Gasteiger partial charge is 0.465 e. The molecule has 5 nitrogen and oxygen atoms in total. The molecule has 5 heteroatoms. The van der Waals surface area contributed by atoms with E-state index in [-0.39, 0.29) is 12.5 Å². The Kier molecular flexibility index (Phi) is 11.4. The summed E-state index contributed by atoms with van der Waals surface area (Å²) in [6.45, 7) is 6.57. The van der Waals surface area contributed by atoms with Crippen molar-refractivity contribution in [2.45, 2.75) is 32.7 Å². The predicted molar refractivity (Wildman–Crippen MR) is 66.0 cm³/mol. The summed E-state index contributed by atoms with van der Waals surface area (Å²) >= 11 is 0. The van der Waals surface area contributed by atoms with Crippen LogP contribution < -0.4 is 5.32 Å². The van der Waals surface area contributed by atoms with Gasteiger partial charge in [-0.1, -0.05) is 6.92 Å². The Bertz CT molecular complexity index is 187. The Labute approximate surface area is 104 Å². The molecule has 1 N–H and O–H groups in total. The second-order valence-corrected chi connectivity index (χ2v) is 3.87. The fourth-order valence-electron chi connectivity index (χ4n) is 1.04. The van der Waals surface area contributed by atoms with Crippen LogP contribution in [0.4, 0.5) is 0 Å². The number of hydrogen-bond donors (Lipinski definition) is 1. The molecule has 0 aliphatic carbocycles. The molecule has 0 spiro atoms. The number of ether oxygens (including phenoxy) is 3. The summed E-state index contributed by atoms with van der Waals surface area (Å²) in [5.41, 5.74) is 0. The van der Waals surface area contributed by atoms with Gasteiger partial charge in [0, 0.05) is 26.2 Å². The van der Waals surface area contributed by atoms with Gasteiger partial charge in [-0.3, -0.25) is 4.79 Å². The average Bonchev–Trinajstić information content (AvgIpc) is 2.34. The molecule has 0 amide bonds. The Morgan fingerprint density at radius 1 is 1.24 bits per heavy atom. The third-order valence-corrected chi connectivity index (χ3v) is 2.34. The smallest absolute Gasteiger partial charge is 0.319 e. The molecule has 17 heavy (non-hydrogen) atoms. The van der Waals surface area contributed by atoms with Crippen molar-refractivity contribution in [2.75, 3.05) is 40.1 Å². The SMILES string of the molecule is CCC(C)NCC(=O)OCCCOCCOC. The molecule has 0 saturated heterocycles. The molecule has 0 saturated carbocycles. The molecule has 0 rings (SSSR count). The number of hydrogen-bond acceptors (Lipinski definition) is 5. The Hall–Kier alpha value is -0.650. The fourth-order valence-corrected chi connectivity index (χ4v) is 1.04. The summed E-state index contributed by atoms with van der Waals surface area (Å²) in [5, 5.41) is 3.08. The van der Waals surface area contributed by atoms with E-state index in [0.29, 0.717) is 32.5 Å². The summed E-state index contributed by atoms with van der Waals surface area (Å²) in [5.74, 6) is -0.206. The van der Waals surface area contributed by atoms with Gasteiger partial charge >= 0.3 is 5.97 Å². The van der Waals surface area contributed by atoms with Gasteiger partial charge in [0.15, 0.2) is 0 Å². The van der Waals surface area contributed by atoms with Crippen molar-refractivity contribution in [3.63, 3.8) is 0 Å². The van der Waals surface area contributed by atoms with E-state index >= 15 is 0 Å². The summed E-state index contributed by atoms with van der Waals surface area (Å²) in [6.07, 6.45) is 1.72. The zero-order chi connectivity index (χ0) is 12.9. The highest BCUT2D eigenvalue weighted by Crippen LogP contribution is 1.89. The number of carbonyl (C=O) groups is 1. The van der Waals surface area contributed by atoms with Crippen LogP contribution in [0, 0.1) is 0 Å². The highest BCUT2D eigenvalue weighted by Gasteiger charge is 2.04. The van der Waals surface area contributed by atoms with Gasteiger partial charge in [-0.25, -0.2) is 0 Å². The summed E-state index contributed by atoms with van der Waals surface area (Å²) in [4.78, 5) is 11.3. The zero-order valence-corrected chi connectivity index (χ0v) is 11.2. The van der Waals surface area contributed by atoms with E-state index in [0.717, 1.165) is 12.8 Å². The van der Waals surface area contributed by atoms with E-state index in [1.54, 1.807) is 7.11 Å². The number of nitrogens with one attached hydrogen (secondary N) is 1. The lowest BCUT2D eigenvalue weighted by Crippen LogP contribution is -2.32. The Balaban J connectivity index is 3.22. The van der Waals surface area contributed by atoms with Crippen molar-refractivity contribution < 1.29 is 19.0 Å². The van der Waals surface area contributed by atoms with Crippen LogP contribution in [0.3, 0.4) is 0 Å². The molecule has 0 aromatic heterocycles. The van der Waals surface area contributed by atoms with Crippen molar-refractivity contribution in [3.8, 4) is 0 Å². The van der Waals surface area contributed by atoms with Gasteiger partial charge in [-0.05, 0) is 13.3 Å². The molecule has 0 aromatic rings. The second kappa shape index (κ2) is 11.8. The van der Waals surface area contributed by atoms with Crippen LogP contribution in [0.5, 0.6) is 0 Å². The van der Waals surface area contributed by atoms with Gasteiger partial charge in [0.2, 0.25) is 0 Å². The molecule has 1 unspecified atom stereocenters. The van der Waals surface area contributed by atoms with Crippen LogP contribution in [-0.4, -0.2) is 52.1 Å². The number of esters is 1. The monoisotopic (exact) mass is 247 g/mol. The van der Waals surface area contributed by atoms with Gasteiger partial charge in [-0.15, -0.1) is 0 Å². The molecule has 102 valence electrons. The molecule has 0 fully saturated rings. The summed E-state index contributed by atoms with van der Waals surface area (Å²) in [7, 11) is 1.63. The van der Waals surface area contributed by atoms with Crippen LogP contribution in [-0.2, 0) is 19.0 Å². The number of methoxy groups -OCH3 is 1. The van der Waals surface area contributed by atoms with Crippen LogP contribution in [0.2, 0.25) is 0 Å². The van der Waals surface area contributed by atoms with Crippen molar-refractivity contribution in [1.82, 2.24) is 5.32 Å². The Morgan fingerprint density at radius 3 is 2.65 bits per heavy atom. The van der Waals surface area contributed by atoms with Crippen LogP contribution >= 0.6 is 0 Å². The highest BCUT2D eigenvalue weighted by molar-refractivity contribution is 5.71. The molecule has 1 atom stereocenters. The first-order valence-electron chi connectivity index (χ1n) is 6.16. The van der Waals surface area contributed by atoms with Gasteiger partial charge in [0.05, 0.1) is 26.4 Å². The first-order valence-corrected chi connectivity index (χ1v) is 6.16. The molecule has 0 aromatic carbocycles. The van der Waals surface area contributed by atoms with Crippen molar-refractivity contribution in [2.24, 2.45) is 0 Å². The third kappa shape index (κ3) is 11.6. The van der Waals surface area contributed by atoms with Crippen LogP contribution in [0.1, 0.15) is 26.7 Å². The highest BCUT2D eigenvalue weighted by atomic mass is 16.5. The van der Waals surface area contributed by atoms with Crippen LogP contribution in [0.15, 0.2) is 0 Å². The maximum Gasteiger partial charge on any atom is 0.319 e. The quantitative estimate of drug-likeness (QED) is 0.435. The van der Waals surface area contributed by atoms with Crippen molar-refractivity contribution >= 4 is 5.97 Å². The molecule has 0 aliphatic rings.